The average molecular weight is 405 g/mol. The highest BCUT2D eigenvalue weighted by molar-refractivity contribution is 6.01. The third-order valence-corrected chi connectivity index (χ3v) is 5.51. The number of anilines is 1. The van der Waals surface area contributed by atoms with Gasteiger partial charge in [-0.25, -0.2) is 4.98 Å². The molecule has 9 heteroatoms. The second-order valence-electron chi connectivity index (χ2n) is 7.42. The lowest BCUT2D eigenvalue weighted by Crippen LogP contribution is -2.49. The summed E-state index contributed by atoms with van der Waals surface area (Å²) in [5.41, 5.74) is 0.751. The smallest absolute Gasteiger partial charge is 0.309 e. The number of carbonyl (C=O) groups excluding carboxylic acids is 2. The van der Waals surface area contributed by atoms with Crippen LogP contribution < -0.4 is 15.0 Å². The molecule has 1 atom stereocenters. The highest BCUT2D eigenvalue weighted by atomic mass is 16.5. The summed E-state index contributed by atoms with van der Waals surface area (Å²) in [5.74, 6) is 0.149. The van der Waals surface area contributed by atoms with E-state index in [4.69, 9.17) is 9.15 Å². The largest absolute Gasteiger partial charge is 0.487 e. The Balaban J connectivity index is 1.33. The van der Waals surface area contributed by atoms with Gasteiger partial charge in [-0.05, 0) is 30.5 Å². The molecule has 5 rings (SSSR count). The number of pyridine rings is 1. The van der Waals surface area contributed by atoms with Crippen molar-refractivity contribution in [2.75, 3.05) is 18.6 Å². The molecule has 1 aromatic carbocycles. The number of hydrogen-bond acceptors (Lipinski definition) is 7. The number of aromatic nitrogens is 3. The molecule has 3 aromatic rings. The zero-order valence-corrected chi connectivity index (χ0v) is 16.2. The summed E-state index contributed by atoms with van der Waals surface area (Å²) in [5, 5.41) is 10.7. The standard InChI is InChI=1S/C21H19N5O4/c1-26-16-15(8-5-11-22-16)29-12-14(19(26)28)23-17(27)18-24-25-20(30-18)21(9-10-21)13-6-3-2-4-7-13/h2-8,11,14H,9-10,12H2,1H3,(H,23,27)/t14-/m0/s1. The first-order valence-corrected chi connectivity index (χ1v) is 9.64. The molecule has 152 valence electrons. The number of nitrogens with one attached hydrogen (secondary N) is 1. The summed E-state index contributed by atoms with van der Waals surface area (Å²) in [6, 6.07) is 12.4. The Morgan fingerprint density at radius 1 is 1.17 bits per heavy atom. The Hall–Kier alpha value is -3.75. The summed E-state index contributed by atoms with van der Waals surface area (Å²) in [6.07, 6.45) is 3.34. The zero-order chi connectivity index (χ0) is 20.7. The third kappa shape index (κ3) is 2.99. The van der Waals surface area contributed by atoms with E-state index in [2.05, 4.69) is 20.5 Å². The Morgan fingerprint density at radius 2 is 1.97 bits per heavy atom. The molecule has 9 nitrogen and oxygen atoms in total. The number of nitrogens with zero attached hydrogens (tertiary/aromatic N) is 4. The maximum Gasteiger partial charge on any atom is 0.309 e. The van der Waals surface area contributed by atoms with Crippen LogP contribution in [-0.2, 0) is 10.2 Å². The van der Waals surface area contributed by atoms with E-state index in [1.807, 2.05) is 30.3 Å². The van der Waals surface area contributed by atoms with E-state index < -0.39 is 11.9 Å². The minimum atomic E-state index is -0.906. The second kappa shape index (κ2) is 6.94. The van der Waals surface area contributed by atoms with E-state index in [0.29, 0.717) is 17.5 Å². The van der Waals surface area contributed by atoms with Crippen molar-refractivity contribution >= 4 is 17.6 Å². The van der Waals surface area contributed by atoms with E-state index in [9.17, 15) is 9.59 Å². The quantitative estimate of drug-likeness (QED) is 0.703. The highest BCUT2D eigenvalue weighted by Crippen LogP contribution is 2.52. The van der Waals surface area contributed by atoms with E-state index in [1.165, 1.54) is 4.90 Å². The number of benzene rings is 1. The number of carbonyl (C=O) groups is 2. The SMILES string of the molecule is CN1C(=O)[C@@H](NC(=O)c2nnc(C3(c4ccccc4)CC3)o2)COc2cccnc21. The number of fused-ring (bicyclic) bond motifs is 1. The molecular formula is C21H19N5O4. The lowest BCUT2D eigenvalue weighted by molar-refractivity contribution is -0.120. The molecule has 0 radical (unpaired) electrons. The third-order valence-electron chi connectivity index (χ3n) is 5.51. The molecular weight excluding hydrogens is 386 g/mol. The maximum absolute atomic E-state index is 12.8. The van der Waals surface area contributed by atoms with Gasteiger partial charge in [-0.3, -0.25) is 14.5 Å². The fourth-order valence-corrected chi connectivity index (χ4v) is 3.67. The van der Waals surface area contributed by atoms with Crippen LogP contribution in [0.3, 0.4) is 0 Å². The predicted molar refractivity (Wildman–Crippen MR) is 105 cm³/mol. The number of hydrogen-bond donors (Lipinski definition) is 1. The minimum Gasteiger partial charge on any atom is -0.487 e. The molecule has 2 amide bonds. The molecule has 0 spiro atoms. The molecule has 1 saturated carbocycles. The van der Waals surface area contributed by atoms with Gasteiger partial charge < -0.3 is 14.5 Å². The van der Waals surface area contributed by atoms with Crippen LogP contribution in [0.2, 0.25) is 0 Å². The van der Waals surface area contributed by atoms with Gasteiger partial charge in [0.1, 0.15) is 12.6 Å². The molecule has 3 heterocycles. The van der Waals surface area contributed by atoms with Crippen LogP contribution in [-0.4, -0.2) is 46.7 Å². The van der Waals surface area contributed by atoms with Gasteiger partial charge in [0.05, 0.1) is 5.41 Å². The van der Waals surface area contributed by atoms with E-state index >= 15 is 0 Å². The van der Waals surface area contributed by atoms with Crippen molar-refractivity contribution in [2.45, 2.75) is 24.3 Å². The molecule has 0 saturated heterocycles. The predicted octanol–water partition coefficient (Wildman–Crippen LogP) is 1.70. The lowest BCUT2D eigenvalue weighted by Gasteiger charge is -2.18. The summed E-state index contributed by atoms with van der Waals surface area (Å²) in [7, 11) is 1.59. The van der Waals surface area contributed by atoms with Crippen molar-refractivity contribution < 1.29 is 18.7 Å². The lowest BCUT2D eigenvalue weighted by atomic mass is 9.96. The molecule has 1 aliphatic carbocycles. The van der Waals surface area contributed by atoms with Gasteiger partial charge >= 0.3 is 11.8 Å². The Morgan fingerprint density at radius 3 is 2.73 bits per heavy atom. The van der Waals surface area contributed by atoms with Gasteiger partial charge in [-0.2, -0.15) is 0 Å². The first-order valence-electron chi connectivity index (χ1n) is 9.64. The van der Waals surface area contributed by atoms with Crippen LogP contribution in [0.4, 0.5) is 5.82 Å². The normalized spacial score (nSPS) is 19.4. The molecule has 2 aliphatic rings. The summed E-state index contributed by atoms with van der Waals surface area (Å²) in [4.78, 5) is 31.0. The Bertz CT molecular complexity index is 1110. The Labute approximate surface area is 172 Å². The number of amides is 2. The van der Waals surface area contributed by atoms with Crippen LogP contribution in [0.25, 0.3) is 0 Å². The fourth-order valence-electron chi connectivity index (χ4n) is 3.67. The molecule has 0 bridgehead atoms. The van der Waals surface area contributed by atoms with Gasteiger partial charge in [0, 0.05) is 13.2 Å². The number of ether oxygens (including phenoxy) is 1. The van der Waals surface area contributed by atoms with Crippen molar-refractivity contribution in [1.29, 1.82) is 0 Å². The summed E-state index contributed by atoms with van der Waals surface area (Å²) < 4.78 is 11.4. The van der Waals surface area contributed by atoms with Crippen molar-refractivity contribution in [3.63, 3.8) is 0 Å². The zero-order valence-electron chi connectivity index (χ0n) is 16.2. The summed E-state index contributed by atoms with van der Waals surface area (Å²) >= 11 is 0. The maximum atomic E-state index is 12.8. The highest BCUT2D eigenvalue weighted by Gasteiger charge is 2.51. The second-order valence-corrected chi connectivity index (χ2v) is 7.42. The molecule has 1 N–H and O–H groups in total. The van der Waals surface area contributed by atoms with Gasteiger partial charge in [0.15, 0.2) is 11.6 Å². The monoisotopic (exact) mass is 405 g/mol. The van der Waals surface area contributed by atoms with Crippen LogP contribution in [0, 0.1) is 0 Å². The van der Waals surface area contributed by atoms with Crippen molar-refractivity contribution in [1.82, 2.24) is 20.5 Å². The van der Waals surface area contributed by atoms with Gasteiger partial charge in [-0.1, -0.05) is 30.3 Å². The average Bonchev–Trinajstić information content (AvgIpc) is 3.47. The fraction of sp³-hybridized carbons (Fsp3) is 0.286. The van der Waals surface area contributed by atoms with Crippen LogP contribution >= 0.6 is 0 Å². The Kier molecular flexibility index (Phi) is 4.23. The molecule has 30 heavy (non-hydrogen) atoms. The minimum absolute atomic E-state index is 0.0252. The van der Waals surface area contributed by atoms with E-state index in [0.717, 1.165) is 18.4 Å². The van der Waals surface area contributed by atoms with Gasteiger partial charge in [-0.15, -0.1) is 10.2 Å². The molecule has 1 aliphatic heterocycles. The molecule has 1 fully saturated rings. The van der Waals surface area contributed by atoms with E-state index in [-0.39, 0.29) is 23.8 Å². The van der Waals surface area contributed by atoms with Crippen LogP contribution in [0.5, 0.6) is 5.75 Å². The van der Waals surface area contributed by atoms with Crippen LogP contribution in [0.1, 0.15) is 35.0 Å². The first kappa shape index (κ1) is 18.3. The van der Waals surface area contributed by atoms with Crippen LogP contribution in [0.15, 0.2) is 53.1 Å². The topological polar surface area (TPSA) is 110 Å². The molecule has 0 unspecified atom stereocenters. The van der Waals surface area contributed by atoms with E-state index in [1.54, 1.807) is 25.4 Å². The summed E-state index contributed by atoms with van der Waals surface area (Å²) in [6.45, 7) is -0.0252. The first-order chi connectivity index (χ1) is 14.6. The van der Waals surface area contributed by atoms with Gasteiger partial charge in [0.2, 0.25) is 5.89 Å². The van der Waals surface area contributed by atoms with Crippen molar-refractivity contribution in [3.05, 3.63) is 66.0 Å². The number of likely N-dealkylation sites (N-methyl/N-ethyl adjacent to an activating group) is 1. The molecule has 2 aromatic heterocycles. The van der Waals surface area contributed by atoms with Crippen molar-refractivity contribution in [3.8, 4) is 5.75 Å². The van der Waals surface area contributed by atoms with Gasteiger partial charge in [0.25, 0.3) is 5.91 Å². The van der Waals surface area contributed by atoms with Crippen molar-refractivity contribution in [2.24, 2.45) is 0 Å². The number of rotatable bonds is 4.